The SMILES string of the molecule is COCCNS(=O)(=O)c1cccc(C(=O)N(C2CCCCC2)C2CC2)c1. The molecule has 0 spiro atoms. The summed E-state index contributed by atoms with van der Waals surface area (Å²) in [5.41, 5.74) is 0.456. The lowest BCUT2D eigenvalue weighted by Gasteiger charge is -2.34. The molecule has 0 bridgehead atoms. The number of hydrogen-bond donors (Lipinski definition) is 1. The lowest BCUT2D eigenvalue weighted by Crippen LogP contribution is -2.43. The van der Waals surface area contributed by atoms with Crippen LogP contribution in [0.25, 0.3) is 0 Å². The van der Waals surface area contributed by atoms with E-state index < -0.39 is 10.0 Å². The fourth-order valence-corrected chi connectivity index (χ4v) is 4.71. The second kappa shape index (κ2) is 8.50. The van der Waals surface area contributed by atoms with Crippen molar-refractivity contribution in [2.75, 3.05) is 20.3 Å². The zero-order valence-electron chi connectivity index (χ0n) is 15.3. The van der Waals surface area contributed by atoms with Crippen molar-refractivity contribution >= 4 is 15.9 Å². The Hall–Kier alpha value is -1.44. The number of carbonyl (C=O) groups is 1. The molecular weight excluding hydrogens is 352 g/mol. The second-order valence-corrected chi connectivity index (χ2v) is 8.92. The standard InChI is InChI=1S/C19H28N2O4S/c1-25-13-12-20-26(23,24)18-9-5-6-15(14-18)19(22)21(17-10-11-17)16-7-3-2-4-8-16/h5-6,9,14,16-17,20H,2-4,7-8,10-13H2,1H3. The Bertz CT molecular complexity index is 725. The Balaban J connectivity index is 1.78. The van der Waals surface area contributed by atoms with Crippen molar-refractivity contribution in [2.45, 2.75) is 61.9 Å². The number of benzene rings is 1. The van der Waals surface area contributed by atoms with Gasteiger partial charge in [0.25, 0.3) is 5.91 Å². The van der Waals surface area contributed by atoms with Crippen molar-refractivity contribution in [1.29, 1.82) is 0 Å². The van der Waals surface area contributed by atoms with Crippen molar-refractivity contribution in [3.63, 3.8) is 0 Å². The minimum atomic E-state index is -3.64. The summed E-state index contributed by atoms with van der Waals surface area (Å²) in [7, 11) is -2.13. The van der Waals surface area contributed by atoms with Gasteiger partial charge in [-0.25, -0.2) is 13.1 Å². The Morgan fingerprint density at radius 1 is 1.15 bits per heavy atom. The fourth-order valence-electron chi connectivity index (χ4n) is 3.65. The first kappa shape index (κ1) is 19.3. The summed E-state index contributed by atoms with van der Waals surface area (Å²) in [6, 6.07) is 7.00. The lowest BCUT2D eigenvalue weighted by atomic mass is 9.93. The van der Waals surface area contributed by atoms with Gasteiger partial charge in [-0.15, -0.1) is 0 Å². The Kier molecular flexibility index (Phi) is 6.32. The average molecular weight is 381 g/mol. The third-order valence-electron chi connectivity index (χ3n) is 5.13. The molecule has 2 fully saturated rings. The van der Waals surface area contributed by atoms with Crippen LogP contribution >= 0.6 is 0 Å². The maximum atomic E-state index is 13.2. The molecule has 0 radical (unpaired) electrons. The van der Waals surface area contributed by atoms with Crippen molar-refractivity contribution in [2.24, 2.45) is 0 Å². The van der Waals surface area contributed by atoms with Crippen LogP contribution in [0.1, 0.15) is 55.3 Å². The molecule has 1 N–H and O–H groups in total. The summed E-state index contributed by atoms with van der Waals surface area (Å²) in [5, 5.41) is 0. The van der Waals surface area contributed by atoms with Gasteiger partial charge >= 0.3 is 0 Å². The zero-order valence-corrected chi connectivity index (χ0v) is 16.1. The van der Waals surface area contributed by atoms with E-state index >= 15 is 0 Å². The number of amides is 1. The average Bonchev–Trinajstić information content (AvgIpc) is 3.48. The van der Waals surface area contributed by atoms with Gasteiger partial charge in [0.05, 0.1) is 11.5 Å². The number of methoxy groups -OCH3 is 1. The van der Waals surface area contributed by atoms with E-state index in [-0.39, 0.29) is 17.3 Å². The summed E-state index contributed by atoms with van der Waals surface area (Å²) in [4.78, 5) is 15.3. The maximum absolute atomic E-state index is 13.2. The highest BCUT2D eigenvalue weighted by molar-refractivity contribution is 7.89. The first-order valence-electron chi connectivity index (χ1n) is 9.44. The molecule has 26 heavy (non-hydrogen) atoms. The molecule has 1 aromatic carbocycles. The first-order chi connectivity index (χ1) is 12.5. The van der Waals surface area contributed by atoms with E-state index in [2.05, 4.69) is 4.72 Å². The predicted octanol–water partition coefficient (Wildman–Crippen LogP) is 2.55. The normalized spacial score (nSPS) is 18.7. The minimum absolute atomic E-state index is 0.0339. The topological polar surface area (TPSA) is 75.7 Å². The minimum Gasteiger partial charge on any atom is -0.383 e. The number of nitrogens with one attached hydrogen (secondary N) is 1. The quantitative estimate of drug-likeness (QED) is 0.703. The number of hydrogen-bond acceptors (Lipinski definition) is 4. The Morgan fingerprint density at radius 2 is 1.85 bits per heavy atom. The summed E-state index contributed by atoms with van der Waals surface area (Å²) < 4.78 is 32.2. The monoisotopic (exact) mass is 380 g/mol. The van der Waals surface area contributed by atoms with Gasteiger partial charge in [0.2, 0.25) is 10.0 Å². The number of nitrogens with zero attached hydrogens (tertiary/aromatic N) is 1. The van der Waals surface area contributed by atoms with Gasteiger partial charge in [-0.3, -0.25) is 4.79 Å². The van der Waals surface area contributed by atoms with E-state index in [0.717, 1.165) is 25.7 Å². The largest absolute Gasteiger partial charge is 0.383 e. The van der Waals surface area contributed by atoms with Gasteiger partial charge in [0, 0.05) is 31.3 Å². The summed E-state index contributed by atoms with van der Waals surface area (Å²) in [5.74, 6) is -0.0339. The molecule has 144 valence electrons. The molecular formula is C19H28N2O4S. The van der Waals surface area contributed by atoms with Crippen LogP contribution in [0.2, 0.25) is 0 Å². The van der Waals surface area contributed by atoms with Gasteiger partial charge in [0.1, 0.15) is 0 Å². The Labute approximate surface area is 156 Å². The molecule has 0 saturated heterocycles. The molecule has 1 aromatic rings. The van der Waals surface area contributed by atoms with E-state index in [4.69, 9.17) is 4.74 Å². The van der Waals surface area contributed by atoms with E-state index in [1.807, 2.05) is 4.90 Å². The molecule has 7 heteroatoms. The van der Waals surface area contributed by atoms with E-state index in [9.17, 15) is 13.2 Å². The van der Waals surface area contributed by atoms with Crippen molar-refractivity contribution in [3.8, 4) is 0 Å². The lowest BCUT2D eigenvalue weighted by molar-refractivity contribution is 0.0613. The fraction of sp³-hybridized carbons (Fsp3) is 0.632. The van der Waals surface area contributed by atoms with Gasteiger partial charge in [0.15, 0.2) is 0 Å². The highest BCUT2D eigenvalue weighted by Crippen LogP contribution is 2.35. The van der Waals surface area contributed by atoms with Crippen LogP contribution in [0.5, 0.6) is 0 Å². The molecule has 2 saturated carbocycles. The van der Waals surface area contributed by atoms with Crippen molar-refractivity contribution < 1.29 is 17.9 Å². The molecule has 2 aliphatic rings. The third kappa shape index (κ3) is 4.64. The predicted molar refractivity (Wildman–Crippen MR) is 99.6 cm³/mol. The second-order valence-electron chi connectivity index (χ2n) is 7.15. The van der Waals surface area contributed by atoms with Crippen LogP contribution in [-0.4, -0.2) is 51.6 Å². The molecule has 1 amide bonds. The van der Waals surface area contributed by atoms with Crippen LogP contribution in [0.15, 0.2) is 29.2 Å². The van der Waals surface area contributed by atoms with E-state index in [0.29, 0.717) is 24.3 Å². The van der Waals surface area contributed by atoms with Gasteiger partial charge in [-0.1, -0.05) is 25.3 Å². The molecule has 2 aliphatic carbocycles. The molecule has 0 aromatic heterocycles. The summed E-state index contributed by atoms with van der Waals surface area (Å²) in [6.45, 7) is 0.502. The van der Waals surface area contributed by atoms with Crippen LogP contribution in [0.3, 0.4) is 0 Å². The Morgan fingerprint density at radius 3 is 2.50 bits per heavy atom. The number of carbonyl (C=O) groups excluding carboxylic acids is 1. The van der Waals surface area contributed by atoms with Crippen LogP contribution in [0, 0.1) is 0 Å². The zero-order chi connectivity index (χ0) is 18.6. The van der Waals surface area contributed by atoms with Crippen LogP contribution in [-0.2, 0) is 14.8 Å². The molecule has 0 atom stereocenters. The molecule has 0 aliphatic heterocycles. The maximum Gasteiger partial charge on any atom is 0.254 e. The highest BCUT2D eigenvalue weighted by Gasteiger charge is 2.38. The van der Waals surface area contributed by atoms with Crippen LogP contribution in [0.4, 0.5) is 0 Å². The van der Waals surface area contributed by atoms with Gasteiger partial charge in [-0.05, 0) is 43.9 Å². The summed E-state index contributed by atoms with van der Waals surface area (Å²) in [6.07, 6.45) is 7.79. The molecule has 0 heterocycles. The van der Waals surface area contributed by atoms with Gasteiger partial charge < -0.3 is 9.64 Å². The molecule has 0 unspecified atom stereocenters. The third-order valence-corrected chi connectivity index (χ3v) is 6.59. The van der Waals surface area contributed by atoms with E-state index in [1.54, 1.807) is 12.1 Å². The molecule has 6 nitrogen and oxygen atoms in total. The van der Waals surface area contributed by atoms with Crippen LogP contribution < -0.4 is 4.72 Å². The number of sulfonamides is 1. The van der Waals surface area contributed by atoms with Crippen molar-refractivity contribution in [3.05, 3.63) is 29.8 Å². The highest BCUT2D eigenvalue weighted by atomic mass is 32.2. The smallest absolute Gasteiger partial charge is 0.254 e. The summed E-state index contributed by atoms with van der Waals surface area (Å²) >= 11 is 0. The van der Waals surface area contributed by atoms with Gasteiger partial charge in [-0.2, -0.15) is 0 Å². The van der Waals surface area contributed by atoms with Crippen molar-refractivity contribution in [1.82, 2.24) is 9.62 Å². The number of ether oxygens (including phenoxy) is 1. The van der Waals surface area contributed by atoms with E-state index in [1.165, 1.54) is 38.5 Å². The first-order valence-corrected chi connectivity index (χ1v) is 10.9. The molecule has 3 rings (SSSR count). The number of rotatable bonds is 8.